The quantitative estimate of drug-likeness (QED) is 0.311. The summed E-state index contributed by atoms with van der Waals surface area (Å²) in [6, 6.07) is 4.62. The predicted octanol–water partition coefficient (Wildman–Crippen LogP) is 3.98. The largest absolute Gasteiger partial charge is 0.468 e. The van der Waals surface area contributed by atoms with Gasteiger partial charge in [-0.3, -0.25) is 19.2 Å². The van der Waals surface area contributed by atoms with Gasteiger partial charge in [0.05, 0.1) is 18.9 Å². The van der Waals surface area contributed by atoms with Gasteiger partial charge in [0.1, 0.15) is 11.6 Å². The molecule has 1 rings (SSSR count). The zero-order valence-electron chi connectivity index (χ0n) is 22.7. The van der Waals surface area contributed by atoms with E-state index in [9.17, 15) is 19.2 Å². The molecule has 0 amide bonds. The number of carbonyl (C=O) groups is 4. The van der Waals surface area contributed by atoms with Gasteiger partial charge < -0.3 is 24.7 Å². The molecule has 0 spiro atoms. The molecule has 0 fully saturated rings. The Bertz CT molecular complexity index is 926. The van der Waals surface area contributed by atoms with Crippen molar-refractivity contribution < 1.29 is 38.1 Å². The lowest BCUT2D eigenvalue weighted by Crippen LogP contribution is -2.53. The Balaban J connectivity index is 3.21. The normalized spacial score (nSPS) is 14.5. The third kappa shape index (κ3) is 9.60. The second-order valence-corrected chi connectivity index (χ2v) is 9.98. The summed E-state index contributed by atoms with van der Waals surface area (Å²) in [5.41, 5.74) is 5.50. The van der Waals surface area contributed by atoms with E-state index in [0.717, 1.165) is 6.42 Å². The van der Waals surface area contributed by atoms with Crippen LogP contribution >= 0.6 is 0 Å². The Morgan fingerprint density at radius 1 is 0.917 bits per heavy atom. The third-order valence-electron chi connectivity index (χ3n) is 5.68. The highest BCUT2D eigenvalue weighted by Crippen LogP contribution is 2.32. The molecule has 36 heavy (non-hydrogen) atoms. The molecule has 2 N–H and O–H groups in total. The van der Waals surface area contributed by atoms with Crippen LogP contribution in [0.2, 0.25) is 0 Å². The summed E-state index contributed by atoms with van der Waals surface area (Å²) in [6.45, 7) is 12.4. The van der Waals surface area contributed by atoms with Crippen molar-refractivity contribution in [1.29, 1.82) is 0 Å². The molecule has 2 unspecified atom stereocenters. The Hall–Kier alpha value is -2.94. The van der Waals surface area contributed by atoms with Crippen LogP contribution in [-0.2, 0) is 35.1 Å². The number of ether oxygens (including phenoxy) is 4. The Labute approximate surface area is 214 Å². The lowest BCUT2D eigenvalue weighted by Gasteiger charge is -2.29. The fourth-order valence-corrected chi connectivity index (χ4v) is 3.33. The fraction of sp³-hybridized carbons (Fsp3) is 0.630. The van der Waals surface area contributed by atoms with Crippen molar-refractivity contribution in [3.8, 4) is 11.5 Å². The number of methoxy groups -OCH3 is 1. The first-order valence-corrected chi connectivity index (χ1v) is 12.3. The second-order valence-electron chi connectivity index (χ2n) is 9.98. The molecule has 0 saturated heterocycles. The minimum absolute atomic E-state index is 0.00242. The van der Waals surface area contributed by atoms with E-state index in [4.69, 9.17) is 24.7 Å². The lowest BCUT2D eigenvalue weighted by molar-refractivity contribution is -0.155. The smallest absolute Gasteiger partial charge is 0.326 e. The van der Waals surface area contributed by atoms with Crippen LogP contribution in [0, 0.1) is 17.8 Å². The van der Waals surface area contributed by atoms with E-state index in [2.05, 4.69) is 0 Å². The summed E-state index contributed by atoms with van der Waals surface area (Å²) in [5, 5.41) is 0. The maximum Gasteiger partial charge on any atom is 0.326 e. The van der Waals surface area contributed by atoms with Crippen molar-refractivity contribution in [1.82, 2.24) is 0 Å². The van der Waals surface area contributed by atoms with Gasteiger partial charge >= 0.3 is 23.9 Å². The molecule has 0 heterocycles. The first-order valence-electron chi connectivity index (χ1n) is 12.3. The van der Waals surface area contributed by atoms with Gasteiger partial charge in [-0.2, -0.15) is 0 Å². The van der Waals surface area contributed by atoms with E-state index in [1.54, 1.807) is 40.7 Å². The van der Waals surface area contributed by atoms with Crippen LogP contribution in [-0.4, -0.2) is 42.6 Å². The number of benzene rings is 1. The molecule has 0 aromatic heterocycles. The summed E-state index contributed by atoms with van der Waals surface area (Å²) in [7, 11) is 1.23. The number of rotatable bonds is 13. The molecule has 0 bridgehead atoms. The molecule has 0 aliphatic heterocycles. The summed E-state index contributed by atoms with van der Waals surface area (Å²) in [5.74, 6) is -2.53. The van der Waals surface area contributed by atoms with Gasteiger partial charge in [0.25, 0.3) is 0 Å². The van der Waals surface area contributed by atoms with Gasteiger partial charge in [-0.25, -0.2) is 0 Å². The maximum atomic E-state index is 12.7. The van der Waals surface area contributed by atoms with Crippen molar-refractivity contribution in [2.24, 2.45) is 23.5 Å². The lowest BCUT2D eigenvalue weighted by atomic mass is 9.86. The standard InChI is InChI=1S/C27H41NO8/c1-9-18(6)12-23(29)34-19(7)14-27(28,26(32)33-8)15-20-10-11-21(35-24(30)16(2)3)22(13-20)36-25(31)17(4)5/h10-11,13,16-19H,9,12,14-15,28H2,1-8H3/t18?,19-,27?/m0/s1. The van der Waals surface area contributed by atoms with Crippen LogP contribution in [0.3, 0.4) is 0 Å². The number of hydrogen-bond acceptors (Lipinski definition) is 9. The fourth-order valence-electron chi connectivity index (χ4n) is 3.33. The molecule has 9 nitrogen and oxygen atoms in total. The van der Waals surface area contributed by atoms with Crippen LogP contribution in [0.1, 0.15) is 73.3 Å². The van der Waals surface area contributed by atoms with Crippen LogP contribution in [0.25, 0.3) is 0 Å². The van der Waals surface area contributed by atoms with Gasteiger partial charge in [-0.05, 0) is 30.5 Å². The van der Waals surface area contributed by atoms with Crippen molar-refractivity contribution in [2.75, 3.05) is 7.11 Å². The van der Waals surface area contributed by atoms with E-state index in [0.29, 0.717) is 5.56 Å². The molecule has 9 heteroatoms. The molecule has 3 atom stereocenters. The molecule has 0 aliphatic rings. The van der Waals surface area contributed by atoms with Crippen LogP contribution in [0.5, 0.6) is 11.5 Å². The average molecular weight is 508 g/mol. The monoisotopic (exact) mass is 507 g/mol. The minimum Gasteiger partial charge on any atom is -0.468 e. The van der Waals surface area contributed by atoms with Crippen LogP contribution in [0.15, 0.2) is 18.2 Å². The molecular weight excluding hydrogens is 466 g/mol. The summed E-state index contributed by atoms with van der Waals surface area (Å²) in [6.07, 6.45) is 0.487. The van der Waals surface area contributed by atoms with Gasteiger partial charge in [-0.1, -0.05) is 54.0 Å². The summed E-state index contributed by atoms with van der Waals surface area (Å²) >= 11 is 0. The highest BCUT2D eigenvalue weighted by molar-refractivity contribution is 5.81. The molecular formula is C27H41NO8. The zero-order valence-corrected chi connectivity index (χ0v) is 22.7. The first-order chi connectivity index (χ1) is 16.7. The number of carbonyl (C=O) groups excluding carboxylic acids is 4. The highest BCUT2D eigenvalue weighted by Gasteiger charge is 2.38. The average Bonchev–Trinajstić information content (AvgIpc) is 2.79. The van der Waals surface area contributed by atoms with E-state index in [1.807, 2.05) is 13.8 Å². The maximum absolute atomic E-state index is 12.7. The number of esters is 4. The first kappa shape index (κ1) is 31.1. The number of nitrogens with two attached hydrogens (primary N) is 1. The van der Waals surface area contributed by atoms with E-state index in [-0.39, 0.29) is 48.6 Å². The van der Waals surface area contributed by atoms with Gasteiger partial charge in [-0.15, -0.1) is 0 Å². The molecule has 0 aliphatic carbocycles. The Morgan fingerprint density at radius 3 is 1.97 bits per heavy atom. The molecule has 202 valence electrons. The van der Waals surface area contributed by atoms with Crippen molar-refractivity contribution in [2.45, 2.75) is 85.8 Å². The molecule has 1 aromatic rings. The second kappa shape index (κ2) is 14.0. The van der Waals surface area contributed by atoms with Crippen LogP contribution < -0.4 is 15.2 Å². The summed E-state index contributed by atoms with van der Waals surface area (Å²) < 4.78 is 21.3. The van der Waals surface area contributed by atoms with Crippen LogP contribution in [0.4, 0.5) is 0 Å². The predicted molar refractivity (Wildman–Crippen MR) is 134 cm³/mol. The molecule has 0 radical (unpaired) electrons. The highest BCUT2D eigenvalue weighted by atomic mass is 16.6. The van der Waals surface area contributed by atoms with Crippen molar-refractivity contribution in [3.05, 3.63) is 23.8 Å². The van der Waals surface area contributed by atoms with E-state index >= 15 is 0 Å². The Morgan fingerprint density at radius 2 is 1.47 bits per heavy atom. The molecule has 0 saturated carbocycles. The molecule has 1 aromatic carbocycles. The minimum atomic E-state index is -1.53. The van der Waals surface area contributed by atoms with E-state index < -0.39 is 35.5 Å². The Kier molecular flexibility index (Phi) is 12.1. The van der Waals surface area contributed by atoms with E-state index in [1.165, 1.54) is 19.2 Å². The number of hydrogen-bond donors (Lipinski definition) is 1. The topological polar surface area (TPSA) is 131 Å². The van der Waals surface area contributed by atoms with Crippen molar-refractivity contribution in [3.63, 3.8) is 0 Å². The van der Waals surface area contributed by atoms with Gasteiger partial charge in [0, 0.05) is 19.3 Å². The zero-order chi connectivity index (χ0) is 27.6. The van der Waals surface area contributed by atoms with Crippen molar-refractivity contribution >= 4 is 23.9 Å². The third-order valence-corrected chi connectivity index (χ3v) is 5.68. The van der Waals surface area contributed by atoms with Gasteiger partial charge in [0.15, 0.2) is 11.5 Å². The van der Waals surface area contributed by atoms with Gasteiger partial charge in [0.2, 0.25) is 0 Å². The summed E-state index contributed by atoms with van der Waals surface area (Å²) in [4.78, 5) is 49.3. The SMILES string of the molecule is CCC(C)CC(=O)O[C@@H](C)CC(N)(Cc1ccc(OC(=O)C(C)C)c(OC(=O)C(C)C)c1)C(=O)OC.